The molecule has 0 bridgehead atoms. The Morgan fingerprint density at radius 1 is 1.03 bits per heavy atom. The fraction of sp³-hybridized carbons (Fsp3) is 0.125. The Hall–Kier alpha value is -4.11. The van der Waals surface area contributed by atoms with Crippen molar-refractivity contribution < 1.29 is 9.59 Å². The lowest BCUT2D eigenvalue weighted by atomic mass is 10.1. The largest absolute Gasteiger partial charge is 0.347 e. The minimum Gasteiger partial charge on any atom is -0.347 e. The predicted molar refractivity (Wildman–Crippen MR) is 116 cm³/mol. The minimum atomic E-state index is -0.445. The van der Waals surface area contributed by atoms with E-state index < -0.39 is 5.91 Å². The van der Waals surface area contributed by atoms with E-state index >= 15 is 0 Å². The molecule has 0 spiro atoms. The number of nitrogens with one attached hydrogen (secondary N) is 2. The van der Waals surface area contributed by atoms with Gasteiger partial charge in [-0.1, -0.05) is 48.5 Å². The SMILES string of the molecule is Cc1cc(/C=C(/C#N)C(=O)NCc2ccccc2)c(C)n1NC(=O)c1ccccc1. The maximum atomic E-state index is 12.5. The van der Waals surface area contributed by atoms with E-state index in [1.54, 1.807) is 28.9 Å². The van der Waals surface area contributed by atoms with E-state index in [1.807, 2.05) is 62.4 Å². The molecule has 2 aromatic carbocycles. The fourth-order valence-electron chi connectivity index (χ4n) is 3.04. The van der Waals surface area contributed by atoms with E-state index in [0.29, 0.717) is 17.7 Å². The summed E-state index contributed by atoms with van der Waals surface area (Å²) in [6, 6.07) is 22.2. The average Bonchev–Trinajstić information content (AvgIpc) is 3.04. The van der Waals surface area contributed by atoms with Gasteiger partial charge in [-0.15, -0.1) is 0 Å². The van der Waals surface area contributed by atoms with Gasteiger partial charge in [-0.05, 0) is 49.2 Å². The summed E-state index contributed by atoms with van der Waals surface area (Å²) in [5.74, 6) is -0.687. The lowest BCUT2D eigenvalue weighted by Crippen LogP contribution is -2.25. The zero-order chi connectivity index (χ0) is 21.5. The van der Waals surface area contributed by atoms with E-state index in [0.717, 1.165) is 17.0 Å². The molecule has 0 aliphatic carbocycles. The number of hydrogen-bond donors (Lipinski definition) is 2. The van der Waals surface area contributed by atoms with Gasteiger partial charge in [0.25, 0.3) is 11.8 Å². The highest BCUT2D eigenvalue weighted by Crippen LogP contribution is 2.17. The van der Waals surface area contributed by atoms with Gasteiger partial charge in [0.1, 0.15) is 11.6 Å². The second-order valence-electron chi connectivity index (χ2n) is 6.81. The molecular formula is C24H22N4O2. The van der Waals surface area contributed by atoms with Crippen molar-refractivity contribution in [2.24, 2.45) is 0 Å². The van der Waals surface area contributed by atoms with E-state index in [1.165, 1.54) is 6.08 Å². The van der Waals surface area contributed by atoms with Gasteiger partial charge in [0.15, 0.2) is 0 Å². The van der Waals surface area contributed by atoms with E-state index in [-0.39, 0.29) is 11.5 Å². The van der Waals surface area contributed by atoms with Crippen molar-refractivity contribution in [3.05, 3.63) is 100 Å². The Labute approximate surface area is 175 Å². The number of nitrogens with zero attached hydrogens (tertiary/aromatic N) is 2. The van der Waals surface area contributed by atoms with Gasteiger partial charge in [-0.25, -0.2) is 0 Å². The first kappa shape index (κ1) is 20.6. The van der Waals surface area contributed by atoms with Gasteiger partial charge >= 0.3 is 0 Å². The predicted octanol–water partition coefficient (Wildman–Crippen LogP) is 3.71. The molecule has 6 heteroatoms. The Morgan fingerprint density at radius 2 is 1.67 bits per heavy atom. The Bertz CT molecular complexity index is 1120. The highest BCUT2D eigenvalue weighted by Gasteiger charge is 2.14. The van der Waals surface area contributed by atoms with Gasteiger partial charge in [0, 0.05) is 23.5 Å². The number of carbonyl (C=O) groups is 2. The van der Waals surface area contributed by atoms with Crippen LogP contribution in [0, 0.1) is 25.2 Å². The molecule has 30 heavy (non-hydrogen) atoms. The van der Waals surface area contributed by atoms with Gasteiger partial charge in [0.05, 0.1) is 0 Å². The summed E-state index contributed by atoms with van der Waals surface area (Å²) in [5.41, 5.74) is 6.53. The molecule has 0 aliphatic heterocycles. The third kappa shape index (κ3) is 4.83. The van der Waals surface area contributed by atoms with Crippen LogP contribution in [0.3, 0.4) is 0 Å². The first-order valence-corrected chi connectivity index (χ1v) is 9.49. The van der Waals surface area contributed by atoms with Crippen LogP contribution in [-0.2, 0) is 11.3 Å². The molecule has 6 nitrogen and oxygen atoms in total. The maximum Gasteiger partial charge on any atom is 0.270 e. The van der Waals surface area contributed by atoms with Gasteiger partial charge < -0.3 is 5.32 Å². The second kappa shape index (κ2) is 9.39. The molecule has 0 unspecified atom stereocenters. The lowest BCUT2D eigenvalue weighted by Gasteiger charge is -2.11. The quantitative estimate of drug-likeness (QED) is 0.490. The topological polar surface area (TPSA) is 86.9 Å². The number of aryl methyl sites for hydroxylation is 1. The number of hydrogen-bond acceptors (Lipinski definition) is 3. The van der Waals surface area contributed by atoms with Crippen LogP contribution in [0.5, 0.6) is 0 Å². The Balaban J connectivity index is 1.77. The van der Waals surface area contributed by atoms with Gasteiger partial charge in [-0.2, -0.15) is 5.26 Å². The molecule has 150 valence electrons. The summed E-state index contributed by atoms with van der Waals surface area (Å²) in [6.45, 7) is 4.00. The molecule has 2 N–H and O–H groups in total. The Kier molecular flexibility index (Phi) is 6.46. The standard InChI is InChI=1S/C24H22N4O2/c1-17-13-21(18(2)28(17)27-24(30)20-11-7-4-8-12-20)14-22(15-25)23(29)26-16-19-9-5-3-6-10-19/h3-14H,16H2,1-2H3,(H,26,29)(H,27,30)/b22-14-. The zero-order valence-corrected chi connectivity index (χ0v) is 16.8. The number of aromatic nitrogens is 1. The van der Waals surface area contributed by atoms with Crippen LogP contribution in [0.25, 0.3) is 6.08 Å². The second-order valence-corrected chi connectivity index (χ2v) is 6.81. The number of amides is 2. The number of nitriles is 1. The Morgan fingerprint density at radius 3 is 2.30 bits per heavy atom. The van der Waals surface area contributed by atoms with Crippen molar-refractivity contribution in [2.75, 3.05) is 5.43 Å². The molecule has 0 saturated carbocycles. The molecule has 0 saturated heterocycles. The number of carbonyl (C=O) groups excluding carboxylic acids is 2. The van der Waals surface area contributed by atoms with Crippen LogP contribution in [0.15, 0.2) is 72.3 Å². The van der Waals surface area contributed by atoms with Crippen LogP contribution in [0.4, 0.5) is 0 Å². The summed E-state index contributed by atoms with van der Waals surface area (Å²) >= 11 is 0. The summed E-state index contributed by atoms with van der Waals surface area (Å²) < 4.78 is 1.65. The smallest absolute Gasteiger partial charge is 0.270 e. The van der Waals surface area contributed by atoms with Crippen molar-refractivity contribution in [1.29, 1.82) is 5.26 Å². The van der Waals surface area contributed by atoms with Gasteiger partial charge in [0.2, 0.25) is 0 Å². The van der Waals surface area contributed by atoms with Crippen molar-refractivity contribution >= 4 is 17.9 Å². The molecule has 1 heterocycles. The first-order chi connectivity index (χ1) is 14.5. The molecule has 2 amide bonds. The summed E-state index contributed by atoms with van der Waals surface area (Å²) in [5, 5.41) is 12.2. The van der Waals surface area contributed by atoms with E-state index in [9.17, 15) is 14.9 Å². The molecule has 1 aromatic heterocycles. The van der Waals surface area contributed by atoms with Crippen molar-refractivity contribution in [3.8, 4) is 6.07 Å². The van der Waals surface area contributed by atoms with E-state index in [2.05, 4.69) is 10.7 Å². The molecule has 3 rings (SSSR count). The fourth-order valence-corrected chi connectivity index (χ4v) is 3.04. The van der Waals surface area contributed by atoms with Gasteiger partial charge in [-0.3, -0.25) is 19.7 Å². The highest BCUT2D eigenvalue weighted by molar-refractivity contribution is 6.02. The number of rotatable bonds is 6. The van der Waals surface area contributed by atoms with Crippen LogP contribution in [0.2, 0.25) is 0 Å². The molecule has 0 aliphatic rings. The maximum absolute atomic E-state index is 12.5. The zero-order valence-electron chi connectivity index (χ0n) is 16.8. The highest BCUT2D eigenvalue weighted by atomic mass is 16.2. The van der Waals surface area contributed by atoms with Crippen LogP contribution in [0.1, 0.15) is 32.9 Å². The normalized spacial score (nSPS) is 10.9. The van der Waals surface area contributed by atoms with E-state index in [4.69, 9.17) is 0 Å². The van der Waals surface area contributed by atoms with Crippen LogP contribution in [-0.4, -0.2) is 16.5 Å². The summed E-state index contributed by atoms with van der Waals surface area (Å²) in [4.78, 5) is 24.9. The van der Waals surface area contributed by atoms with Crippen molar-refractivity contribution in [1.82, 2.24) is 9.99 Å². The minimum absolute atomic E-state index is 0.000525. The summed E-state index contributed by atoms with van der Waals surface area (Å²) in [7, 11) is 0. The third-order valence-corrected chi connectivity index (χ3v) is 4.68. The first-order valence-electron chi connectivity index (χ1n) is 9.49. The van der Waals surface area contributed by atoms with Crippen LogP contribution < -0.4 is 10.7 Å². The van der Waals surface area contributed by atoms with Crippen molar-refractivity contribution in [3.63, 3.8) is 0 Å². The third-order valence-electron chi connectivity index (χ3n) is 4.68. The van der Waals surface area contributed by atoms with Crippen LogP contribution >= 0.6 is 0 Å². The molecule has 0 fully saturated rings. The molecule has 3 aromatic rings. The van der Waals surface area contributed by atoms with Crippen molar-refractivity contribution in [2.45, 2.75) is 20.4 Å². The molecule has 0 atom stereocenters. The number of benzene rings is 2. The molecule has 0 radical (unpaired) electrons. The average molecular weight is 398 g/mol. The lowest BCUT2D eigenvalue weighted by molar-refractivity contribution is -0.117. The molecular weight excluding hydrogens is 376 g/mol. The summed E-state index contributed by atoms with van der Waals surface area (Å²) in [6.07, 6.45) is 1.54. The monoisotopic (exact) mass is 398 g/mol.